The average Bonchev–Trinajstić information content (AvgIpc) is 2.85. The van der Waals surface area contributed by atoms with Crippen LogP contribution in [-0.2, 0) is 10.0 Å². The summed E-state index contributed by atoms with van der Waals surface area (Å²) in [6, 6.07) is 5.54. The molecule has 0 spiro atoms. The minimum atomic E-state index is -3.58. The summed E-state index contributed by atoms with van der Waals surface area (Å²) < 4.78 is 26.7. The third-order valence-electron chi connectivity index (χ3n) is 2.75. The van der Waals surface area contributed by atoms with E-state index < -0.39 is 10.0 Å². The molecule has 0 aliphatic rings. The number of aromatic amines is 1. The van der Waals surface area contributed by atoms with E-state index >= 15 is 0 Å². The highest BCUT2D eigenvalue weighted by molar-refractivity contribution is 7.92. The standard InChI is InChI=1S/C12H16N4O2S/c1-9-6-10(16(2)3)4-5-12(9)15-19(17,18)11-7-13-14-8-11/h4-8,15H,1-3H3,(H,13,14). The van der Waals surface area contributed by atoms with Gasteiger partial charge in [0.2, 0.25) is 0 Å². The lowest BCUT2D eigenvalue weighted by atomic mass is 10.2. The normalized spacial score (nSPS) is 11.3. The lowest BCUT2D eigenvalue weighted by Gasteiger charge is -2.15. The van der Waals surface area contributed by atoms with Gasteiger partial charge in [-0.05, 0) is 30.7 Å². The van der Waals surface area contributed by atoms with Crippen molar-refractivity contribution in [2.75, 3.05) is 23.7 Å². The molecule has 2 aromatic rings. The molecule has 19 heavy (non-hydrogen) atoms. The van der Waals surface area contributed by atoms with Crippen LogP contribution in [0.4, 0.5) is 11.4 Å². The van der Waals surface area contributed by atoms with E-state index in [1.165, 1.54) is 12.4 Å². The van der Waals surface area contributed by atoms with Crippen LogP contribution in [0.1, 0.15) is 5.56 Å². The molecule has 0 saturated carbocycles. The Morgan fingerprint density at radius 3 is 2.58 bits per heavy atom. The Bertz CT molecular complexity index is 663. The lowest BCUT2D eigenvalue weighted by molar-refractivity contribution is 0.601. The number of rotatable bonds is 4. The zero-order chi connectivity index (χ0) is 14.0. The van der Waals surface area contributed by atoms with Crippen LogP contribution in [0.15, 0.2) is 35.5 Å². The Labute approximate surface area is 112 Å². The van der Waals surface area contributed by atoms with E-state index in [0.29, 0.717) is 5.69 Å². The number of benzene rings is 1. The highest BCUT2D eigenvalue weighted by atomic mass is 32.2. The van der Waals surface area contributed by atoms with Crippen molar-refractivity contribution in [3.63, 3.8) is 0 Å². The van der Waals surface area contributed by atoms with Crippen LogP contribution in [0.5, 0.6) is 0 Å². The Kier molecular flexibility index (Phi) is 3.48. The summed E-state index contributed by atoms with van der Waals surface area (Å²) in [5.41, 5.74) is 2.44. The van der Waals surface area contributed by atoms with Gasteiger partial charge in [0.25, 0.3) is 10.0 Å². The van der Waals surface area contributed by atoms with Crippen LogP contribution >= 0.6 is 0 Å². The van der Waals surface area contributed by atoms with E-state index in [0.717, 1.165) is 11.3 Å². The van der Waals surface area contributed by atoms with Crippen molar-refractivity contribution in [3.8, 4) is 0 Å². The molecule has 0 radical (unpaired) electrons. The van der Waals surface area contributed by atoms with Crippen LogP contribution < -0.4 is 9.62 Å². The van der Waals surface area contributed by atoms with E-state index in [1.807, 2.05) is 38.1 Å². The maximum Gasteiger partial charge on any atom is 0.265 e. The summed E-state index contributed by atoms with van der Waals surface area (Å²) in [5.74, 6) is 0. The molecule has 0 bridgehead atoms. The van der Waals surface area contributed by atoms with Gasteiger partial charge in [-0.3, -0.25) is 9.82 Å². The van der Waals surface area contributed by atoms with Crippen LogP contribution in [0.2, 0.25) is 0 Å². The number of sulfonamides is 1. The number of hydrogen-bond donors (Lipinski definition) is 2. The van der Waals surface area contributed by atoms with Crippen LogP contribution in [0.3, 0.4) is 0 Å². The highest BCUT2D eigenvalue weighted by Gasteiger charge is 2.16. The van der Waals surface area contributed by atoms with Crippen molar-refractivity contribution >= 4 is 21.4 Å². The minimum Gasteiger partial charge on any atom is -0.378 e. The maximum absolute atomic E-state index is 12.1. The van der Waals surface area contributed by atoms with Gasteiger partial charge in [0.05, 0.1) is 11.9 Å². The largest absolute Gasteiger partial charge is 0.378 e. The predicted octanol–water partition coefficient (Wildman–Crippen LogP) is 1.58. The fourth-order valence-corrected chi connectivity index (χ4v) is 2.67. The number of anilines is 2. The molecule has 0 aliphatic carbocycles. The van der Waals surface area contributed by atoms with Crippen molar-refractivity contribution in [3.05, 3.63) is 36.2 Å². The smallest absolute Gasteiger partial charge is 0.265 e. The summed E-state index contributed by atoms with van der Waals surface area (Å²) in [6.07, 6.45) is 2.61. The molecule has 0 unspecified atom stereocenters. The number of aryl methyl sites for hydroxylation is 1. The summed E-state index contributed by atoms with van der Waals surface area (Å²) in [6.45, 7) is 1.86. The van der Waals surface area contributed by atoms with Gasteiger partial charge in [0.15, 0.2) is 0 Å². The molecule has 0 saturated heterocycles. The summed E-state index contributed by atoms with van der Waals surface area (Å²) in [4.78, 5) is 2.07. The third-order valence-corrected chi connectivity index (χ3v) is 4.09. The SMILES string of the molecule is Cc1cc(N(C)C)ccc1NS(=O)(=O)c1cn[nH]c1. The first-order valence-corrected chi connectivity index (χ1v) is 7.18. The Hall–Kier alpha value is -2.02. The van der Waals surface area contributed by atoms with Crippen molar-refractivity contribution in [1.29, 1.82) is 0 Å². The highest BCUT2D eigenvalue weighted by Crippen LogP contribution is 2.23. The number of aromatic nitrogens is 2. The quantitative estimate of drug-likeness (QED) is 0.891. The zero-order valence-electron chi connectivity index (χ0n) is 11.0. The summed E-state index contributed by atoms with van der Waals surface area (Å²) >= 11 is 0. The second-order valence-electron chi connectivity index (χ2n) is 4.43. The number of nitrogens with zero attached hydrogens (tertiary/aromatic N) is 2. The lowest BCUT2D eigenvalue weighted by Crippen LogP contribution is -2.14. The monoisotopic (exact) mass is 280 g/mol. The minimum absolute atomic E-state index is 0.114. The Morgan fingerprint density at radius 2 is 2.05 bits per heavy atom. The molecule has 0 aliphatic heterocycles. The topological polar surface area (TPSA) is 78.1 Å². The molecule has 102 valence electrons. The molecule has 0 fully saturated rings. The molecule has 6 nitrogen and oxygen atoms in total. The van der Waals surface area contributed by atoms with Crippen LogP contribution in [0.25, 0.3) is 0 Å². The van der Waals surface area contributed by atoms with Gasteiger partial charge in [0.1, 0.15) is 4.90 Å². The van der Waals surface area contributed by atoms with Gasteiger partial charge < -0.3 is 4.90 Å². The van der Waals surface area contributed by atoms with Gasteiger partial charge in [-0.2, -0.15) is 5.10 Å². The van der Waals surface area contributed by atoms with E-state index in [2.05, 4.69) is 14.9 Å². The van der Waals surface area contributed by atoms with E-state index in [4.69, 9.17) is 0 Å². The van der Waals surface area contributed by atoms with Gasteiger partial charge >= 0.3 is 0 Å². The van der Waals surface area contributed by atoms with E-state index in [1.54, 1.807) is 6.07 Å². The fraction of sp³-hybridized carbons (Fsp3) is 0.250. The molecule has 2 N–H and O–H groups in total. The van der Waals surface area contributed by atoms with Crippen LogP contribution in [0, 0.1) is 6.92 Å². The van der Waals surface area contributed by atoms with Crippen molar-refractivity contribution in [1.82, 2.24) is 10.2 Å². The molecular weight excluding hydrogens is 264 g/mol. The van der Waals surface area contributed by atoms with Gasteiger partial charge in [-0.1, -0.05) is 0 Å². The van der Waals surface area contributed by atoms with Gasteiger partial charge in [0, 0.05) is 26.0 Å². The summed E-state index contributed by atoms with van der Waals surface area (Å²) in [7, 11) is 0.286. The van der Waals surface area contributed by atoms with Gasteiger partial charge in [-0.25, -0.2) is 8.42 Å². The van der Waals surface area contributed by atoms with Crippen molar-refractivity contribution < 1.29 is 8.42 Å². The molecular formula is C12H16N4O2S. The molecule has 0 amide bonds. The molecule has 1 heterocycles. The average molecular weight is 280 g/mol. The molecule has 2 rings (SSSR count). The molecule has 1 aromatic carbocycles. The second-order valence-corrected chi connectivity index (χ2v) is 6.12. The molecule has 0 atom stereocenters. The number of hydrogen-bond acceptors (Lipinski definition) is 4. The zero-order valence-corrected chi connectivity index (χ0v) is 11.8. The number of nitrogens with one attached hydrogen (secondary N) is 2. The van der Waals surface area contributed by atoms with Gasteiger partial charge in [-0.15, -0.1) is 0 Å². The Balaban J connectivity index is 2.30. The predicted molar refractivity (Wildman–Crippen MR) is 74.9 cm³/mol. The first-order valence-electron chi connectivity index (χ1n) is 5.70. The summed E-state index contributed by atoms with van der Waals surface area (Å²) in [5, 5.41) is 6.12. The van der Waals surface area contributed by atoms with Crippen molar-refractivity contribution in [2.45, 2.75) is 11.8 Å². The molecule has 1 aromatic heterocycles. The van der Waals surface area contributed by atoms with Crippen molar-refractivity contribution in [2.24, 2.45) is 0 Å². The first-order chi connectivity index (χ1) is 8.90. The second kappa shape index (κ2) is 4.93. The fourth-order valence-electron chi connectivity index (χ4n) is 1.63. The van der Waals surface area contributed by atoms with Crippen LogP contribution in [-0.4, -0.2) is 32.7 Å². The molecule has 7 heteroatoms. The van der Waals surface area contributed by atoms with E-state index in [-0.39, 0.29) is 4.90 Å². The number of H-pyrrole nitrogens is 1. The first kappa shape index (κ1) is 13.4. The van der Waals surface area contributed by atoms with E-state index in [9.17, 15) is 8.42 Å². The third kappa shape index (κ3) is 2.87. The maximum atomic E-state index is 12.1. The Morgan fingerprint density at radius 1 is 1.32 bits per heavy atom.